The van der Waals surface area contributed by atoms with Crippen LogP contribution in [0.4, 0.5) is 10.1 Å². The van der Waals surface area contributed by atoms with Gasteiger partial charge in [0.15, 0.2) is 0 Å². The molecular weight excluding hydrogens is 435 g/mol. The minimum atomic E-state index is -3.65. The number of carbonyl (C=O) groups is 1. The zero-order valence-electron chi connectivity index (χ0n) is 18.1. The highest BCUT2D eigenvalue weighted by Gasteiger charge is 2.33. The average molecular weight is 461 g/mol. The van der Waals surface area contributed by atoms with E-state index < -0.39 is 15.8 Å². The Hall–Kier alpha value is -2.91. The third-order valence-electron chi connectivity index (χ3n) is 5.71. The highest BCUT2D eigenvalue weighted by Crippen LogP contribution is 2.48. The van der Waals surface area contributed by atoms with Crippen molar-refractivity contribution in [2.75, 3.05) is 30.8 Å². The van der Waals surface area contributed by atoms with E-state index >= 15 is 0 Å². The maximum absolute atomic E-state index is 13.7. The Morgan fingerprint density at radius 3 is 2.56 bits per heavy atom. The van der Waals surface area contributed by atoms with E-state index in [1.807, 2.05) is 6.07 Å². The maximum Gasteiger partial charge on any atom is 0.255 e. The van der Waals surface area contributed by atoms with Crippen molar-refractivity contribution in [3.8, 4) is 11.3 Å². The summed E-state index contributed by atoms with van der Waals surface area (Å²) in [5, 5.41) is 12.7. The monoisotopic (exact) mass is 460 g/mol. The Balaban J connectivity index is 2.03. The van der Waals surface area contributed by atoms with E-state index in [1.165, 1.54) is 23.5 Å². The third-order valence-corrected chi connectivity index (χ3v) is 6.89. The van der Waals surface area contributed by atoms with Crippen LogP contribution in [0.1, 0.15) is 40.2 Å². The number of carbonyl (C=O) groups excluding carboxylic acids is 1. The Kier molecular flexibility index (Phi) is 5.72. The number of nitrogens with zero attached hydrogens (tertiary/aromatic N) is 1. The second-order valence-electron chi connectivity index (χ2n) is 8.08. The maximum atomic E-state index is 13.7. The predicted octanol–water partition coefficient (Wildman–Crippen LogP) is 3.54. The number of hydrogen-bond acceptors (Lipinski definition) is 5. The predicted molar refractivity (Wildman–Crippen MR) is 121 cm³/mol. The smallest absolute Gasteiger partial charge is 0.255 e. The second kappa shape index (κ2) is 8.22. The molecule has 7 nitrogen and oxygen atoms in total. The van der Waals surface area contributed by atoms with Gasteiger partial charge >= 0.3 is 0 Å². The number of aliphatic hydroxyl groups excluding tert-OH is 1. The molecule has 1 heterocycles. The summed E-state index contributed by atoms with van der Waals surface area (Å²) in [5.74, 6) is -0.285. The average Bonchev–Trinajstić information content (AvgIpc) is 3.50. The van der Waals surface area contributed by atoms with Crippen molar-refractivity contribution in [3.05, 3.63) is 52.8 Å². The van der Waals surface area contributed by atoms with Crippen LogP contribution < -0.4 is 9.62 Å². The quantitative estimate of drug-likeness (QED) is 0.562. The number of furan rings is 1. The number of anilines is 1. The first-order valence-corrected chi connectivity index (χ1v) is 12.2. The van der Waals surface area contributed by atoms with Crippen molar-refractivity contribution < 1.29 is 27.1 Å². The summed E-state index contributed by atoms with van der Waals surface area (Å²) in [6.45, 7) is 1.31. The second-order valence-corrected chi connectivity index (χ2v) is 9.99. The normalized spacial score (nSPS) is 14.0. The van der Waals surface area contributed by atoms with Gasteiger partial charge in [0.05, 0.1) is 30.7 Å². The molecule has 0 radical (unpaired) electrons. The van der Waals surface area contributed by atoms with E-state index in [0.717, 1.165) is 24.7 Å². The van der Waals surface area contributed by atoms with Crippen molar-refractivity contribution in [2.24, 2.45) is 0 Å². The minimum Gasteiger partial charge on any atom is -0.455 e. The summed E-state index contributed by atoms with van der Waals surface area (Å²) < 4.78 is 45.9. The van der Waals surface area contributed by atoms with Crippen LogP contribution >= 0.6 is 0 Å². The molecule has 170 valence electrons. The SMILES string of the molecule is CNC(=O)c1c(-c2ccc(F)cc2C)oc2cc(N(CCO)S(C)(=O)=O)c(C3CC3)cc12. The molecular formula is C23H25FN2O5S. The number of amides is 1. The minimum absolute atomic E-state index is 0.0863. The Bertz CT molecular complexity index is 1310. The molecule has 32 heavy (non-hydrogen) atoms. The molecule has 1 aliphatic carbocycles. The van der Waals surface area contributed by atoms with Gasteiger partial charge in [0.1, 0.15) is 17.2 Å². The number of fused-ring (bicyclic) bond motifs is 1. The van der Waals surface area contributed by atoms with Gasteiger partial charge in [-0.3, -0.25) is 9.10 Å². The van der Waals surface area contributed by atoms with Crippen LogP contribution in [0.2, 0.25) is 0 Å². The number of aliphatic hydroxyl groups is 1. The van der Waals surface area contributed by atoms with Crippen LogP contribution in [-0.2, 0) is 10.0 Å². The molecule has 0 bridgehead atoms. The fourth-order valence-electron chi connectivity index (χ4n) is 4.06. The van der Waals surface area contributed by atoms with E-state index in [1.54, 1.807) is 19.1 Å². The summed E-state index contributed by atoms with van der Waals surface area (Å²) in [5.41, 5.74) is 3.08. The van der Waals surface area contributed by atoms with Crippen molar-refractivity contribution in [1.82, 2.24) is 5.32 Å². The van der Waals surface area contributed by atoms with Gasteiger partial charge in [0.2, 0.25) is 10.0 Å². The molecule has 1 saturated carbocycles. The van der Waals surface area contributed by atoms with E-state index in [9.17, 15) is 22.7 Å². The van der Waals surface area contributed by atoms with Crippen molar-refractivity contribution in [3.63, 3.8) is 0 Å². The van der Waals surface area contributed by atoms with Gasteiger partial charge in [-0.15, -0.1) is 0 Å². The molecule has 1 fully saturated rings. The molecule has 9 heteroatoms. The summed E-state index contributed by atoms with van der Waals surface area (Å²) >= 11 is 0. The van der Waals surface area contributed by atoms with Gasteiger partial charge in [-0.05, 0) is 61.1 Å². The lowest BCUT2D eigenvalue weighted by molar-refractivity contribution is 0.0964. The molecule has 3 aromatic rings. The Labute approximate surface area is 185 Å². The largest absolute Gasteiger partial charge is 0.455 e. The zero-order valence-corrected chi connectivity index (χ0v) is 18.9. The fraction of sp³-hybridized carbons (Fsp3) is 0.348. The summed E-state index contributed by atoms with van der Waals surface area (Å²) in [4.78, 5) is 12.9. The van der Waals surface area contributed by atoms with Gasteiger partial charge < -0.3 is 14.8 Å². The first-order chi connectivity index (χ1) is 15.2. The molecule has 0 atom stereocenters. The highest BCUT2D eigenvalue weighted by atomic mass is 32.2. The first-order valence-electron chi connectivity index (χ1n) is 10.3. The molecule has 0 spiro atoms. The summed E-state index contributed by atoms with van der Waals surface area (Å²) in [6, 6.07) is 7.66. The first kappa shape index (κ1) is 22.3. The highest BCUT2D eigenvalue weighted by molar-refractivity contribution is 7.92. The van der Waals surface area contributed by atoms with Gasteiger partial charge in [0, 0.05) is 24.1 Å². The molecule has 1 aromatic heterocycles. The number of aryl methyl sites for hydroxylation is 1. The summed E-state index contributed by atoms with van der Waals surface area (Å²) in [6.07, 6.45) is 2.91. The molecule has 0 saturated heterocycles. The lowest BCUT2D eigenvalue weighted by Gasteiger charge is -2.24. The molecule has 1 amide bonds. The van der Waals surface area contributed by atoms with E-state index in [2.05, 4.69) is 5.32 Å². The molecule has 0 aliphatic heterocycles. The van der Waals surface area contributed by atoms with Crippen LogP contribution in [0.5, 0.6) is 0 Å². The van der Waals surface area contributed by atoms with E-state index in [0.29, 0.717) is 39.1 Å². The number of halogens is 1. The topological polar surface area (TPSA) is 99.8 Å². The van der Waals surface area contributed by atoms with Gasteiger partial charge in [0.25, 0.3) is 5.91 Å². The van der Waals surface area contributed by atoms with E-state index in [4.69, 9.17) is 4.42 Å². The lowest BCUT2D eigenvalue weighted by Crippen LogP contribution is -2.33. The number of sulfonamides is 1. The van der Waals surface area contributed by atoms with Crippen LogP contribution in [0.3, 0.4) is 0 Å². The standard InChI is InChI=1S/C23H25FN2O5S/c1-13-10-15(24)6-7-16(13)22-21(23(28)25-2)18-11-17(14-4-5-14)19(12-20(18)31-22)26(8-9-27)32(3,29)30/h6-7,10-12,14,27H,4-5,8-9H2,1-3H3,(H,25,28). The van der Waals surface area contributed by atoms with Crippen LogP contribution in [-0.4, -0.2) is 45.9 Å². The molecule has 1 aliphatic rings. The number of hydrogen-bond donors (Lipinski definition) is 2. The van der Waals surface area contributed by atoms with Gasteiger partial charge in [-0.25, -0.2) is 12.8 Å². The van der Waals surface area contributed by atoms with Crippen molar-refractivity contribution in [1.29, 1.82) is 0 Å². The van der Waals surface area contributed by atoms with Crippen LogP contribution in [0.15, 0.2) is 34.7 Å². The van der Waals surface area contributed by atoms with Crippen LogP contribution in [0.25, 0.3) is 22.3 Å². The van der Waals surface area contributed by atoms with Crippen molar-refractivity contribution >= 4 is 32.6 Å². The van der Waals surface area contributed by atoms with E-state index in [-0.39, 0.29) is 25.0 Å². The fourth-order valence-corrected chi connectivity index (χ4v) is 4.99. The molecule has 0 unspecified atom stereocenters. The molecule has 2 N–H and O–H groups in total. The number of nitrogens with one attached hydrogen (secondary N) is 1. The van der Waals surface area contributed by atoms with Gasteiger partial charge in [-0.1, -0.05) is 0 Å². The van der Waals surface area contributed by atoms with Gasteiger partial charge in [-0.2, -0.15) is 0 Å². The molecule has 2 aromatic carbocycles. The van der Waals surface area contributed by atoms with Crippen molar-refractivity contribution in [2.45, 2.75) is 25.7 Å². The Morgan fingerprint density at radius 1 is 1.28 bits per heavy atom. The number of benzene rings is 2. The van der Waals surface area contributed by atoms with Crippen LogP contribution in [0, 0.1) is 12.7 Å². The lowest BCUT2D eigenvalue weighted by atomic mass is 9.98. The Morgan fingerprint density at radius 2 is 2.00 bits per heavy atom. The third kappa shape index (κ3) is 3.98. The molecule has 4 rings (SSSR count). The zero-order chi connectivity index (χ0) is 23.2. The summed E-state index contributed by atoms with van der Waals surface area (Å²) in [7, 11) is -2.14. The number of rotatable bonds is 7.